The first-order valence-electron chi connectivity index (χ1n) is 12.0. The number of thioether (sulfide) groups is 1. The van der Waals surface area contributed by atoms with E-state index in [4.69, 9.17) is 5.11 Å². The minimum absolute atomic E-state index is 0. The van der Waals surface area contributed by atoms with Crippen LogP contribution in [0.15, 0.2) is 35.7 Å². The van der Waals surface area contributed by atoms with Crippen LogP contribution in [0.25, 0.3) is 11.0 Å². The molecule has 0 bridgehead atoms. The van der Waals surface area contributed by atoms with Gasteiger partial charge in [0, 0.05) is 31.0 Å². The number of hydrogen-bond acceptors (Lipinski definition) is 6. The fourth-order valence-corrected chi connectivity index (χ4v) is 4.59. The van der Waals surface area contributed by atoms with Gasteiger partial charge in [0.25, 0.3) is 5.92 Å². The van der Waals surface area contributed by atoms with Crippen LogP contribution in [-0.2, 0) is 17.0 Å². The van der Waals surface area contributed by atoms with Crippen molar-refractivity contribution >= 4 is 34.5 Å². The Kier molecular flexibility index (Phi) is 11.7. The van der Waals surface area contributed by atoms with Gasteiger partial charge in [0.05, 0.1) is 30.4 Å². The van der Waals surface area contributed by atoms with Crippen LogP contribution in [0.3, 0.4) is 0 Å². The third-order valence-corrected chi connectivity index (χ3v) is 6.35. The first-order valence-corrected chi connectivity index (χ1v) is 12.9. The van der Waals surface area contributed by atoms with Crippen LogP contribution in [0.5, 0.6) is 0 Å². The Morgan fingerprint density at radius 1 is 1.29 bits per heavy atom. The Morgan fingerprint density at radius 3 is 2.50 bits per heavy atom. The molecule has 0 spiro atoms. The normalized spacial score (nSPS) is 14.8. The molecule has 1 aromatic carbocycles. The molecule has 7 nitrogen and oxygen atoms in total. The van der Waals surface area contributed by atoms with E-state index in [0.717, 1.165) is 11.1 Å². The summed E-state index contributed by atoms with van der Waals surface area (Å²) < 4.78 is 43.5. The van der Waals surface area contributed by atoms with E-state index in [1.807, 2.05) is 24.6 Å². The number of carboxylic acids is 1. The summed E-state index contributed by atoms with van der Waals surface area (Å²) in [6, 6.07) is 4.50. The van der Waals surface area contributed by atoms with Crippen molar-refractivity contribution in [2.24, 2.45) is 0 Å². The Bertz CT molecular complexity index is 1260. The Morgan fingerprint density at radius 2 is 1.95 bits per heavy atom. The van der Waals surface area contributed by atoms with Crippen molar-refractivity contribution in [3.8, 4) is 0 Å². The number of carboxylic acid groups (broad SMARTS) is 1. The average molecular weight is 577 g/mol. The van der Waals surface area contributed by atoms with Gasteiger partial charge in [0.15, 0.2) is 5.16 Å². The number of halogens is 3. The van der Waals surface area contributed by atoms with Gasteiger partial charge in [-0.15, -0.1) is 5.60 Å². The number of nitrogens with zero attached hydrogens (tertiary/aromatic N) is 4. The average Bonchev–Trinajstić information content (AvgIpc) is 3.32. The monoisotopic (exact) mass is 576 g/mol. The molecule has 38 heavy (non-hydrogen) atoms. The molecule has 12 heteroatoms. The van der Waals surface area contributed by atoms with Gasteiger partial charge in [-0.25, -0.2) is 23.1 Å². The zero-order chi connectivity index (χ0) is 27.5. The van der Waals surface area contributed by atoms with Crippen molar-refractivity contribution < 1.29 is 79.6 Å². The number of aliphatic carboxylic acids is 1. The van der Waals surface area contributed by atoms with Crippen molar-refractivity contribution in [3.05, 3.63) is 47.5 Å². The van der Waals surface area contributed by atoms with Gasteiger partial charge in [0.1, 0.15) is 11.3 Å². The first-order chi connectivity index (χ1) is 17.1. The van der Waals surface area contributed by atoms with Crippen molar-refractivity contribution in [1.29, 1.82) is 0 Å². The molecule has 1 saturated heterocycles. The second-order valence-electron chi connectivity index (χ2n) is 10.3. The molecule has 1 fully saturated rings. The van der Waals surface area contributed by atoms with Gasteiger partial charge in [-0.05, 0) is 31.0 Å². The van der Waals surface area contributed by atoms with Crippen LogP contribution in [-0.4, -0.2) is 50.2 Å². The maximum absolute atomic E-state index is 13.8. The molecule has 1 aliphatic rings. The molecule has 1 N–H and O–H groups in total. The fraction of sp³-hybridized carbons (Fsp3) is 0.500. The van der Waals surface area contributed by atoms with E-state index < -0.39 is 23.3 Å². The quantitative estimate of drug-likeness (QED) is 0.262. The molecule has 0 unspecified atom stereocenters. The van der Waals surface area contributed by atoms with Gasteiger partial charge in [0.2, 0.25) is 0 Å². The number of aromatic nitrogens is 3. The topological polar surface area (TPSA) is 94.3 Å². The summed E-state index contributed by atoms with van der Waals surface area (Å²) in [5, 5.41) is 19.5. The molecular formula is C26H32F3KN4O3S. The van der Waals surface area contributed by atoms with Gasteiger partial charge in [-0.3, -0.25) is 4.79 Å². The molecule has 202 valence electrons. The summed E-state index contributed by atoms with van der Waals surface area (Å²) in [6.07, 6.45) is 2.98. The standard InChI is InChI=1S/C22H23F3N4O2S.C4H9O.K/c1-13(2)29-10-18(28-6-5-22(24,25)12-28)20-17(29)9-26-21(27-20)32-11-14-3-4-16(23)15(7-14)8-19(30)31;1-4(2,3)5;/h3-4,7,9-10,13H,5-6,8,11-12H2,1-2H3,(H,30,31);1-3H3;/q;-1;+1. The van der Waals surface area contributed by atoms with Gasteiger partial charge in [-0.1, -0.05) is 44.7 Å². The molecule has 0 aliphatic carbocycles. The van der Waals surface area contributed by atoms with Crippen molar-refractivity contribution in [1.82, 2.24) is 14.5 Å². The Labute approximate surface area is 267 Å². The third-order valence-electron chi connectivity index (χ3n) is 5.42. The molecule has 0 amide bonds. The minimum Gasteiger partial charge on any atom is -0.850 e. The summed E-state index contributed by atoms with van der Waals surface area (Å²) in [7, 11) is 0. The van der Waals surface area contributed by atoms with Crippen LogP contribution < -0.4 is 61.4 Å². The summed E-state index contributed by atoms with van der Waals surface area (Å²) in [5.74, 6) is -3.95. The molecule has 2 aromatic heterocycles. The summed E-state index contributed by atoms with van der Waals surface area (Å²) >= 11 is 1.32. The predicted octanol–water partition coefficient (Wildman–Crippen LogP) is 2.07. The van der Waals surface area contributed by atoms with Gasteiger partial charge >= 0.3 is 57.4 Å². The van der Waals surface area contributed by atoms with E-state index in [9.17, 15) is 23.1 Å². The molecule has 3 heterocycles. The van der Waals surface area contributed by atoms with Crippen LogP contribution >= 0.6 is 11.8 Å². The molecule has 0 radical (unpaired) electrons. The van der Waals surface area contributed by atoms with Crippen molar-refractivity contribution in [2.75, 3.05) is 18.0 Å². The van der Waals surface area contributed by atoms with Crippen LogP contribution in [0.1, 0.15) is 58.2 Å². The second kappa shape index (κ2) is 13.5. The molecule has 1 aliphatic heterocycles. The summed E-state index contributed by atoms with van der Waals surface area (Å²) in [5.41, 5.74) is 2.19. The minimum atomic E-state index is -2.72. The predicted molar refractivity (Wildman–Crippen MR) is 137 cm³/mol. The summed E-state index contributed by atoms with van der Waals surface area (Å²) in [4.78, 5) is 21.7. The molecular weight excluding hydrogens is 544 g/mol. The number of anilines is 1. The van der Waals surface area contributed by atoms with Crippen molar-refractivity contribution in [2.45, 2.75) is 75.9 Å². The maximum Gasteiger partial charge on any atom is 1.00 e. The van der Waals surface area contributed by atoms with Crippen LogP contribution in [0.2, 0.25) is 0 Å². The number of alkyl halides is 2. The fourth-order valence-electron chi connectivity index (χ4n) is 3.83. The first kappa shape index (κ1) is 33.1. The van der Waals surface area contributed by atoms with Crippen LogP contribution in [0.4, 0.5) is 18.9 Å². The summed E-state index contributed by atoms with van der Waals surface area (Å²) in [6.45, 7) is 8.84. The number of hydrogen-bond donors (Lipinski definition) is 1. The number of benzene rings is 1. The van der Waals surface area contributed by atoms with E-state index >= 15 is 0 Å². The smallest absolute Gasteiger partial charge is 0.850 e. The zero-order valence-corrected chi connectivity index (χ0v) is 26.5. The molecule has 4 rings (SSSR count). The number of fused-ring (bicyclic) bond motifs is 1. The SMILES string of the molecule is CC(C)(C)[O-].CC(C)n1cc(N2CCC(F)(F)C2)c2nc(SCc3ccc(F)c(CC(=O)O)c3)ncc21.[K+]. The van der Waals surface area contributed by atoms with Gasteiger partial charge < -0.3 is 19.7 Å². The number of carbonyl (C=O) groups is 1. The van der Waals surface area contributed by atoms with Crippen molar-refractivity contribution in [3.63, 3.8) is 0 Å². The van der Waals surface area contributed by atoms with Gasteiger partial charge in [-0.2, -0.15) is 0 Å². The maximum atomic E-state index is 13.8. The third kappa shape index (κ3) is 9.49. The van der Waals surface area contributed by atoms with E-state index in [2.05, 4.69) is 9.97 Å². The Hall–Kier alpha value is -1.15. The Balaban J connectivity index is 0.000000774. The largest absolute Gasteiger partial charge is 1.00 e. The molecule has 3 aromatic rings. The molecule has 0 saturated carbocycles. The second-order valence-corrected chi connectivity index (χ2v) is 11.3. The molecule has 0 atom stereocenters. The zero-order valence-electron chi connectivity index (χ0n) is 22.6. The van der Waals surface area contributed by atoms with E-state index in [1.165, 1.54) is 23.9 Å². The van der Waals surface area contributed by atoms with E-state index in [-0.39, 0.29) is 88.9 Å². The number of rotatable bonds is 7. The van der Waals surface area contributed by atoms with Crippen LogP contribution in [0, 0.1) is 5.82 Å². The van der Waals surface area contributed by atoms with E-state index in [0.29, 0.717) is 22.1 Å². The van der Waals surface area contributed by atoms with E-state index in [1.54, 1.807) is 37.9 Å².